The molecule has 0 amide bonds. The van der Waals surface area contributed by atoms with Gasteiger partial charge in [-0.3, -0.25) is 0 Å². The van der Waals surface area contributed by atoms with Gasteiger partial charge in [0.15, 0.2) is 0 Å². The van der Waals surface area contributed by atoms with Gasteiger partial charge in [0.25, 0.3) is 0 Å². The van der Waals surface area contributed by atoms with Crippen LogP contribution in [0.15, 0.2) is 39.2 Å². The lowest BCUT2D eigenvalue weighted by atomic mass is 10.2. The zero-order valence-electron chi connectivity index (χ0n) is 15.2. The molecule has 0 aliphatic carbocycles. The molecule has 1 N–H and O–H groups in total. The Hall–Kier alpha value is -1.94. The summed E-state index contributed by atoms with van der Waals surface area (Å²) in [6, 6.07) is 6.93. The lowest BCUT2D eigenvalue weighted by molar-refractivity contribution is 0.398. The van der Waals surface area contributed by atoms with E-state index in [2.05, 4.69) is 9.71 Å². The number of rotatable bonds is 8. The number of ether oxygens (including phenoxy) is 2. The molecule has 3 rings (SSSR count). The minimum atomic E-state index is -3.64. The molecule has 2 heterocycles. The van der Waals surface area contributed by atoms with E-state index in [1.54, 1.807) is 38.5 Å². The first-order valence-corrected chi connectivity index (χ1v) is 11.4. The molecule has 27 heavy (non-hydrogen) atoms. The molecular weight excluding hydrogens is 404 g/mol. The number of aryl methyl sites for hydroxylation is 1. The highest BCUT2D eigenvalue weighted by Crippen LogP contribution is 2.31. The van der Waals surface area contributed by atoms with E-state index in [0.29, 0.717) is 17.1 Å². The van der Waals surface area contributed by atoms with Crippen molar-refractivity contribution in [2.24, 2.45) is 0 Å². The highest BCUT2D eigenvalue weighted by Gasteiger charge is 2.19. The topological polar surface area (TPSA) is 77.5 Å². The van der Waals surface area contributed by atoms with Crippen LogP contribution in [0.2, 0.25) is 0 Å². The van der Waals surface area contributed by atoms with Crippen molar-refractivity contribution >= 4 is 32.7 Å². The first-order valence-electron chi connectivity index (χ1n) is 8.20. The number of hydrogen-bond donors (Lipinski definition) is 1. The van der Waals surface area contributed by atoms with Crippen LogP contribution >= 0.6 is 22.7 Å². The average Bonchev–Trinajstić information content (AvgIpc) is 3.35. The zero-order valence-corrected chi connectivity index (χ0v) is 17.6. The number of hydrogen-bond acceptors (Lipinski definition) is 7. The van der Waals surface area contributed by atoms with Gasteiger partial charge >= 0.3 is 0 Å². The fraction of sp³-hybridized carbons (Fsp3) is 0.278. The lowest BCUT2D eigenvalue weighted by Crippen LogP contribution is -2.22. The van der Waals surface area contributed by atoms with Crippen molar-refractivity contribution in [3.63, 3.8) is 0 Å². The number of nitrogens with zero attached hydrogens (tertiary/aromatic N) is 1. The molecule has 0 saturated heterocycles. The highest BCUT2D eigenvalue weighted by atomic mass is 32.2. The fourth-order valence-corrected chi connectivity index (χ4v) is 5.62. The van der Waals surface area contributed by atoms with Gasteiger partial charge in [-0.2, -0.15) is 0 Å². The van der Waals surface area contributed by atoms with E-state index in [9.17, 15) is 8.42 Å². The summed E-state index contributed by atoms with van der Waals surface area (Å²) < 4.78 is 38.7. The summed E-state index contributed by atoms with van der Waals surface area (Å²) >= 11 is 2.70. The summed E-state index contributed by atoms with van der Waals surface area (Å²) in [5, 5.41) is 4.65. The van der Waals surface area contributed by atoms with Gasteiger partial charge in [0.1, 0.15) is 20.7 Å². The number of thiophene rings is 1. The van der Waals surface area contributed by atoms with Crippen LogP contribution in [0.1, 0.15) is 18.2 Å². The third kappa shape index (κ3) is 4.49. The largest absolute Gasteiger partial charge is 0.497 e. The number of aromatic nitrogens is 1. The van der Waals surface area contributed by atoms with Gasteiger partial charge in [0.2, 0.25) is 10.0 Å². The molecule has 6 nitrogen and oxygen atoms in total. The van der Waals surface area contributed by atoms with E-state index in [-0.39, 0.29) is 10.8 Å². The number of thiazole rings is 1. The normalized spacial score (nSPS) is 11.5. The number of methoxy groups -OCH3 is 2. The predicted molar refractivity (Wildman–Crippen MR) is 108 cm³/mol. The van der Waals surface area contributed by atoms with Crippen LogP contribution in [-0.4, -0.2) is 27.6 Å². The summed E-state index contributed by atoms with van der Waals surface area (Å²) in [7, 11) is -0.533. The Morgan fingerprint density at radius 3 is 2.59 bits per heavy atom. The minimum Gasteiger partial charge on any atom is -0.497 e. The first-order chi connectivity index (χ1) is 13.0. The second kappa shape index (κ2) is 8.39. The molecule has 9 heteroatoms. The van der Waals surface area contributed by atoms with Crippen LogP contribution in [0.3, 0.4) is 0 Å². The van der Waals surface area contributed by atoms with E-state index in [1.165, 1.54) is 22.7 Å². The molecule has 2 aromatic heterocycles. The van der Waals surface area contributed by atoms with Crippen LogP contribution in [0.4, 0.5) is 0 Å². The Morgan fingerprint density at radius 2 is 1.93 bits per heavy atom. The summed E-state index contributed by atoms with van der Waals surface area (Å²) in [5.74, 6) is 1.24. The fourth-order valence-electron chi connectivity index (χ4n) is 2.44. The Kier molecular flexibility index (Phi) is 6.15. The van der Waals surface area contributed by atoms with Crippen LogP contribution in [-0.2, 0) is 23.0 Å². The molecule has 0 atom stereocenters. The maximum Gasteiger partial charge on any atom is 0.250 e. The standard InChI is InChI=1S/C18H20N2O4S3/c1-4-14-11-26-18(20-14)13-8-17(25-10-13)27(21,22)19-9-12-7-15(23-2)5-6-16(12)24-3/h5-8,10-11,19H,4,9H2,1-3H3. The quantitative estimate of drug-likeness (QED) is 0.593. The third-order valence-corrected chi connectivity index (χ3v) is 7.72. The Labute approximate surface area is 166 Å². The maximum absolute atomic E-state index is 12.7. The second-order valence-corrected chi connectivity index (χ2v) is 9.42. The minimum absolute atomic E-state index is 0.104. The molecule has 144 valence electrons. The molecule has 0 fully saturated rings. The number of nitrogens with one attached hydrogen (secondary N) is 1. The van der Waals surface area contributed by atoms with Crippen molar-refractivity contribution < 1.29 is 17.9 Å². The average molecular weight is 425 g/mol. The maximum atomic E-state index is 12.7. The van der Waals surface area contributed by atoms with Crippen LogP contribution < -0.4 is 14.2 Å². The summed E-state index contributed by atoms with van der Waals surface area (Å²) in [5.41, 5.74) is 2.53. The van der Waals surface area contributed by atoms with Gasteiger partial charge in [0.05, 0.1) is 19.9 Å². The van der Waals surface area contributed by atoms with E-state index in [0.717, 1.165) is 22.7 Å². The number of sulfonamides is 1. The smallest absolute Gasteiger partial charge is 0.250 e. The predicted octanol–water partition coefficient (Wildman–Crippen LogP) is 3.93. The van der Waals surface area contributed by atoms with Crippen molar-refractivity contribution in [2.75, 3.05) is 14.2 Å². The first kappa shape index (κ1) is 19.8. The van der Waals surface area contributed by atoms with Gasteiger partial charge in [-0.15, -0.1) is 22.7 Å². The molecule has 0 saturated carbocycles. The van der Waals surface area contributed by atoms with E-state index < -0.39 is 10.0 Å². The molecule has 0 aliphatic rings. The van der Waals surface area contributed by atoms with Crippen molar-refractivity contribution in [1.29, 1.82) is 0 Å². The van der Waals surface area contributed by atoms with Crippen LogP contribution in [0.25, 0.3) is 10.6 Å². The molecular formula is C18H20N2O4S3. The van der Waals surface area contributed by atoms with Crippen molar-refractivity contribution in [2.45, 2.75) is 24.1 Å². The lowest BCUT2D eigenvalue weighted by Gasteiger charge is -2.11. The second-order valence-electron chi connectivity index (χ2n) is 5.65. The third-order valence-electron chi connectivity index (χ3n) is 3.94. The van der Waals surface area contributed by atoms with Gasteiger partial charge in [-0.1, -0.05) is 6.92 Å². The van der Waals surface area contributed by atoms with E-state index in [1.807, 2.05) is 17.7 Å². The van der Waals surface area contributed by atoms with Crippen LogP contribution in [0, 0.1) is 0 Å². The van der Waals surface area contributed by atoms with E-state index in [4.69, 9.17) is 9.47 Å². The van der Waals surface area contributed by atoms with Crippen molar-refractivity contribution in [3.8, 4) is 22.1 Å². The number of benzene rings is 1. The van der Waals surface area contributed by atoms with Gasteiger partial charge in [-0.25, -0.2) is 18.1 Å². The van der Waals surface area contributed by atoms with E-state index >= 15 is 0 Å². The molecule has 0 unspecified atom stereocenters. The van der Waals surface area contributed by atoms with Crippen LogP contribution in [0.5, 0.6) is 11.5 Å². The van der Waals surface area contributed by atoms with Crippen molar-refractivity contribution in [3.05, 3.63) is 46.3 Å². The summed E-state index contributed by atoms with van der Waals surface area (Å²) in [6.07, 6.45) is 0.857. The molecule has 3 aromatic rings. The highest BCUT2D eigenvalue weighted by molar-refractivity contribution is 7.91. The molecule has 0 radical (unpaired) electrons. The Morgan fingerprint density at radius 1 is 1.11 bits per heavy atom. The van der Waals surface area contributed by atoms with Gasteiger partial charge < -0.3 is 9.47 Å². The molecule has 0 aliphatic heterocycles. The Balaban J connectivity index is 1.78. The van der Waals surface area contributed by atoms with Gasteiger partial charge in [-0.05, 0) is 30.7 Å². The van der Waals surface area contributed by atoms with Crippen molar-refractivity contribution in [1.82, 2.24) is 9.71 Å². The molecule has 1 aromatic carbocycles. The molecule has 0 spiro atoms. The molecule has 0 bridgehead atoms. The SMILES string of the molecule is CCc1csc(-c2csc(S(=O)(=O)NCc3cc(OC)ccc3OC)c2)n1. The monoisotopic (exact) mass is 424 g/mol. The zero-order chi connectivity index (χ0) is 19.4. The Bertz CT molecular complexity index is 1020. The summed E-state index contributed by atoms with van der Waals surface area (Å²) in [4.78, 5) is 4.51. The van der Waals surface area contributed by atoms with Gasteiger partial charge in [0, 0.05) is 28.4 Å². The summed E-state index contributed by atoms with van der Waals surface area (Å²) in [6.45, 7) is 2.15.